The Hall–Kier alpha value is -3.82. The summed E-state index contributed by atoms with van der Waals surface area (Å²) in [5.41, 5.74) is 6.58. The lowest BCUT2D eigenvalue weighted by Gasteiger charge is -2.08. The number of hydrogen-bond donors (Lipinski definition) is 0. The van der Waals surface area contributed by atoms with Gasteiger partial charge in [0, 0.05) is 27.3 Å². The number of hydrogen-bond acceptors (Lipinski definition) is 3. The second-order valence-electron chi connectivity index (χ2n) is 7.51. The molecular weight excluding hydrogens is 402 g/mol. The average Bonchev–Trinajstić information content (AvgIpc) is 2.83. The Morgan fingerprint density at radius 3 is 1.77 bits per heavy atom. The summed E-state index contributed by atoms with van der Waals surface area (Å²) in [7, 11) is 0. The van der Waals surface area contributed by atoms with Crippen LogP contribution in [0, 0.1) is 0 Å². The molecular formula is C27H16ClN3. The SMILES string of the molecule is Clc1ccc2ccc(-c3ccc4ccc5ccc(-c6ccccc6)nc5c4n3)cc2n1. The molecule has 3 heterocycles. The van der Waals surface area contributed by atoms with Crippen LogP contribution >= 0.6 is 11.6 Å². The molecule has 31 heavy (non-hydrogen) atoms. The number of aromatic nitrogens is 3. The van der Waals surface area contributed by atoms with E-state index in [0.29, 0.717) is 5.15 Å². The fraction of sp³-hybridized carbons (Fsp3) is 0. The van der Waals surface area contributed by atoms with Gasteiger partial charge in [0.05, 0.1) is 27.9 Å². The lowest BCUT2D eigenvalue weighted by Crippen LogP contribution is -1.91. The highest BCUT2D eigenvalue weighted by molar-refractivity contribution is 6.29. The van der Waals surface area contributed by atoms with Crippen molar-refractivity contribution < 1.29 is 0 Å². The zero-order valence-corrected chi connectivity index (χ0v) is 17.2. The van der Waals surface area contributed by atoms with Crippen LogP contribution in [0.1, 0.15) is 0 Å². The Kier molecular flexibility index (Phi) is 4.15. The molecule has 0 atom stereocenters. The summed E-state index contributed by atoms with van der Waals surface area (Å²) in [5, 5.41) is 3.67. The van der Waals surface area contributed by atoms with Gasteiger partial charge < -0.3 is 0 Å². The van der Waals surface area contributed by atoms with E-state index in [9.17, 15) is 0 Å². The molecule has 0 fully saturated rings. The van der Waals surface area contributed by atoms with Crippen LogP contribution in [0.4, 0.5) is 0 Å². The molecule has 6 aromatic rings. The van der Waals surface area contributed by atoms with Gasteiger partial charge in [0.2, 0.25) is 0 Å². The van der Waals surface area contributed by atoms with Crippen LogP contribution in [-0.4, -0.2) is 15.0 Å². The first-order chi connectivity index (χ1) is 15.2. The van der Waals surface area contributed by atoms with Gasteiger partial charge in [-0.2, -0.15) is 0 Å². The smallest absolute Gasteiger partial charge is 0.129 e. The normalized spacial score (nSPS) is 11.4. The summed E-state index contributed by atoms with van der Waals surface area (Å²) < 4.78 is 0. The highest BCUT2D eigenvalue weighted by Gasteiger charge is 2.09. The average molecular weight is 418 g/mol. The number of pyridine rings is 3. The van der Waals surface area contributed by atoms with Gasteiger partial charge in [-0.15, -0.1) is 0 Å². The minimum Gasteiger partial charge on any atom is -0.245 e. The molecule has 3 aromatic carbocycles. The molecule has 0 unspecified atom stereocenters. The fourth-order valence-corrected chi connectivity index (χ4v) is 4.10. The second-order valence-corrected chi connectivity index (χ2v) is 7.90. The van der Waals surface area contributed by atoms with Gasteiger partial charge in [-0.3, -0.25) is 0 Å². The lowest BCUT2D eigenvalue weighted by molar-refractivity contribution is 1.36. The zero-order valence-electron chi connectivity index (χ0n) is 16.5. The van der Waals surface area contributed by atoms with Crippen molar-refractivity contribution in [1.29, 1.82) is 0 Å². The second kappa shape index (κ2) is 7.15. The summed E-state index contributed by atoms with van der Waals surface area (Å²) in [6.45, 7) is 0. The highest BCUT2D eigenvalue weighted by atomic mass is 35.5. The van der Waals surface area contributed by atoms with Crippen molar-refractivity contribution in [3.8, 4) is 22.5 Å². The van der Waals surface area contributed by atoms with E-state index >= 15 is 0 Å². The van der Waals surface area contributed by atoms with Crippen molar-refractivity contribution in [3.63, 3.8) is 0 Å². The molecule has 3 nitrogen and oxygen atoms in total. The Bertz CT molecular complexity index is 1590. The number of halogens is 1. The van der Waals surface area contributed by atoms with E-state index in [1.807, 2.05) is 36.4 Å². The van der Waals surface area contributed by atoms with Gasteiger partial charge in [-0.05, 0) is 30.3 Å². The molecule has 0 aliphatic rings. The third-order valence-corrected chi connectivity index (χ3v) is 5.75. The minimum absolute atomic E-state index is 0.486. The molecule has 6 rings (SSSR count). The number of benzene rings is 3. The molecule has 4 heteroatoms. The van der Waals surface area contributed by atoms with Crippen molar-refractivity contribution >= 4 is 44.3 Å². The van der Waals surface area contributed by atoms with Crippen LogP contribution in [0.5, 0.6) is 0 Å². The van der Waals surface area contributed by atoms with Crippen LogP contribution in [-0.2, 0) is 0 Å². The van der Waals surface area contributed by atoms with Crippen LogP contribution in [0.25, 0.3) is 55.2 Å². The van der Waals surface area contributed by atoms with E-state index in [-0.39, 0.29) is 0 Å². The Labute approximate surface area is 184 Å². The molecule has 0 N–H and O–H groups in total. The van der Waals surface area contributed by atoms with Gasteiger partial charge in [-0.1, -0.05) is 78.3 Å². The molecule has 0 radical (unpaired) electrons. The van der Waals surface area contributed by atoms with Crippen LogP contribution in [0.15, 0.2) is 97.1 Å². The first kappa shape index (κ1) is 18.0. The predicted molar refractivity (Wildman–Crippen MR) is 128 cm³/mol. The van der Waals surface area contributed by atoms with Crippen molar-refractivity contribution in [2.75, 3.05) is 0 Å². The first-order valence-corrected chi connectivity index (χ1v) is 10.5. The Morgan fingerprint density at radius 1 is 0.484 bits per heavy atom. The fourth-order valence-electron chi connectivity index (χ4n) is 3.95. The van der Waals surface area contributed by atoms with Crippen LogP contribution in [0.2, 0.25) is 5.15 Å². The quantitative estimate of drug-likeness (QED) is 0.219. The van der Waals surface area contributed by atoms with E-state index in [0.717, 1.165) is 55.2 Å². The van der Waals surface area contributed by atoms with Crippen molar-refractivity contribution in [1.82, 2.24) is 15.0 Å². The van der Waals surface area contributed by atoms with E-state index < -0.39 is 0 Å². The van der Waals surface area contributed by atoms with Crippen molar-refractivity contribution in [2.24, 2.45) is 0 Å². The van der Waals surface area contributed by atoms with E-state index in [1.165, 1.54) is 0 Å². The molecule has 0 bridgehead atoms. The third kappa shape index (κ3) is 3.20. The van der Waals surface area contributed by atoms with Gasteiger partial charge in [-0.25, -0.2) is 15.0 Å². The summed E-state index contributed by atoms with van der Waals surface area (Å²) in [4.78, 5) is 14.4. The first-order valence-electron chi connectivity index (χ1n) is 10.1. The summed E-state index contributed by atoms with van der Waals surface area (Å²) in [5.74, 6) is 0. The molecule has 146 valence electrons. The van der Waals surface area contributed by atoms with Gasteiger partial charge >= 0.3 is 0 Å². The van der Waals surface area contributed by atoms with E-state index in [1.54, 1.807) is 6.07 Å². The molecule has 0 saturated carbocycles. The number of rotatable bonds is 2. The van der Waals surface area contributed by atoms with E-state index in [2.05, 4.69) is 59.6 Å². The number of nitrogens with zero attached hydrogens (tertiary/aromatic N) is 3. The molecule has 0 amide bonds. The largest absolute Gasteiger partial charge is 0.245 e. The Balaban J connectivity index is 1.56. The maximum atomic E-state index is 6.09. The van der Waals surface area contributed by atoms with Gasteiger partial charge in [0.15, 0.2) is 0 Å². The maximum absolute atomic E-state index is 6.09. The van der Waals surface area contributed by atoms with Crippen molar-refractivity contribution in [3.05, 3.63) is 102 Å². The Morgan fingerprint density at radius 2 is 1.06 bits per heavy atom. The lowest BCUT2D eigenvalue weighted by atomic mass is 10.0. The summed E-state index contributed by atoms with van der Waals surface area (Å²) in [6.07, 6.45) is 0. The standard InChI is InChI=1S/C27H16ClN3/c28-25-15-12-18-6-9-21(16-24(18)29-25)23-14-11-20-8-7-19-10-13-22(17-4-2-1-3-5-17)30-26(19)27(20)31-23/h1-16H. The van der Waals surface area contributed by atoms with Crippen LogP contribution < -0.4 is 0 Å². The minimum atomic E-state index is 0.486. The monoisotopic (exact) mass is 417 g/mol. The molecule has 0 saturated heterocycles. The molecule has 0 spiro atoms. The molecule has 0 aliphatic carbocycles. The highest BCUT2D eigenvalue weighted by Crippen LogP contribution is 2.29. The maximum Gasteiger partial charge on any atom is 0.129 e. The van der Waals surface area contributed by atoms with Crippen LogP contribution in [0.3, 0.4) is 0 Å². The number of fused-ring (bicyclic) bond motifs is 4. The molecule has 3 aromatic heterocycles. The molecule has 0 aliphatic heterocycles. The van der Waals surface area contributed by atoms with Gasteiger partial charge in [0.25, 0.3) is 0 Å². The predicted octanol–water partition coefficient (Wildman–Crippen LogP) is 7.32. The zero-order chi connectivity index (χ0) is 20.8. The van der Waals surface area contributed by atoms with E-state index in [4.69, 9.17) is 21.6 Å². The van der Waals surface area contributed by atoms with Gasteiger partial charge in [0.1, 0.15) is 5.15 Å². The summed E-state index contributed by atoms with van der Waals surface area (Å²) >= 11 is 6.09. The third-order valence-electron chi connectivity index (χ3n) is 5.54. The summed E-state index contributed by atoms with van der Waals surface area (Å²) in [6, 6.07) is 32.7. The van der Waals surface area contributed by atoms with Crippen molar-refractivity contribution in [2.45, 2.75) is 0 Å². The topological polar surface area (TPSA) is 38.7 Å².